The smallest absolute Gasteiger partial charge is 0.262 e. The van der Waals surface area contributed by atoms with E-state index in [4.69, 9.17) is 16.3 Å². The average Bonchev–Trinajstić information content (AvgIpc) is 3.15. The number of aromatic nitrogens is 3. The van der Waals surface area contributed by atoms with Crippen LogP contribution in [0.25, 0.3) is 5.69 Å². The van der Waals surface area contributed by atoms with Crippen LogP contribution in [0.15, 0.2) is 55.1 Å². The predicted octanol–water partition coefficient (Wildman–Crippen LogP) is 4.06. The standard InChI is InChI=1S/C19H19ClN4O2/c1-13(2)14-4-3-5-16(8-14)26-10-19(25)23-17-9-15(20)6-7-18(17)24-12-21-11-22-24/h3-9,11-13H,10H2,1-2H3,(H,23,25). The van der Waals surface area contributed by atoms with E-state index in [1.165, 1.54) is 6.33 Å². The number of carbonyl (C=O) groups is 1. The van der Waals surface area contributed by atoms with Crippen LogP contribution in [0.3, 0.4) is 0 Å². The van der Waals surface area contributed by atoms with E-state index in [1.54, 1.807) is 29.2 Å². The van der Waals surface area contributed by atoms with Crippen molar-refractivity contribution in [3.8, 4) is 11.4 Å². The lowest BCUT2D eigenvalue weighted by atomic mass is 10.0. The third-order valence-electron chi connectivity index (χ3n) is 3.79. The van der Waals surface area contributed by atoms with Gasteiger partial charge in [-0.05, 0) is 41.8 Å². The lowest BCUT2D eigenvalue weighted by Gasteiger charge is -2.13. The molecule has 0 bridgehead atoms. The van der Waals surface area contributed by atoms with E-state index in [1.807, 2.05) is 24.3 Å². The molecule has 134 valence electrons. The molecule has 0 aliphatic heterocycles. The lowest BCUT2D eigenvalue weighted by molar-refractivity contribution is -0.118. The Morgan fingerprint density at radius 2 is 2.12 bits per heavy atom. The largest absolute Gasteiger partial charge is 0.484 e. The summed E-state index contributed by atoms with van der Waals surface area (Å²) in [5.74, 6) is 0.765. The predicted molar refractivity (Wildman–Crippen MR) is 101 cm³/mol. The van der Waals surface area contributed by atoms with E-state index < -0.39 is 0 Å². The van der Waals surface area contributed by atoms with E-state index >= 15 is 0 Å². The number of rotatable bonds is 6. The Labute approximate surface area is 156 Å². The minimum absolute atomic E-state index is 0.106. The van der Waals surface area contributed by atoms with Crippen molar-refractivity contribution in [3.63, 3.8) is 0 Å². The molecule has 0 unspecified atom stereocenters. The number of benzene rings is 2. The molecule has 0 radical (unpaired) electrons. The van der Waals surface area contributed by atoms with Gasteiger partial charge in [0.2, 0.25) is 0 Å². The zero-order chi connectivity index (χ0) is 18.5. The number of ether oxygens (including phenoxy) is 1. The number of anilines is 1. The van der Waals surface area contributed by atoms with Gasteiger partial charge in [0.25, 0.3) is 5.91 Å². The summed E-state index contributed by atoms with van der Waals surface area (Å²) in [6, 6.07) is 12.9. The van der Waals surface area contributed by atoms with Crippen LogP contribution in [0, 0.1) is 0 Å². The van der Waals surface area contributed by atoms with Crippen LogP contribution >= 0.6 is 11.6 Å². The van der Waals surface area contributed by atoms with Gasteiger partial charge in [0, 0.05) is 5.02 Å². The molecule has 1 aromatic heterocycles. The molecule has 1 amide bonds. The van der Waals surface area contributed by atoms with E-state index in [0.717, 1.165) is 5.56 Å². The van der Waals surface area contributed by atoms with Crippen molar-refractivity contribution in [1.29, 1.82) is 0 Å². The highest BCUT2D eigenvalue weighted by atomic mass is 35.5. The minimum Gasteiger partial charge on any atom is -0.484 e. The second-order valence-corrected chi connectivity index (χ2v) is 6.50. The van der Waals surface area contributed by atoms with Crippen LogP contribution < -0.4 is 10.1 Å². The fraction of sp³-hybridized carbons (Fsp3) is 0.211. The number of halogens is 1. The van der Waals surface area contributed by atoms with Crippen molar-refractivity contribution in [2.75, 3.05) is 11.9 Å². The van der Waals surface area contributed by atoms with Gasteiger partial charge in [-0.3, -0.25) is 4.79 Å². The number of hydrogen-bond donors (Lipinski definition) is 1. The molecule has 7 heteroatoms. The summed E-state index contributed by atoms with van der Waals surface area (Å²) in [4.78, 5) is 16.2. The Morgan fingerprint density at radius 1 is 1.27 bits per heavy atom. The molecule has 0 spiro atoms. The monoisotopic (exact) mass is 370 g/mol. The molecule has 0 saturated carbocycles. The molecule has 0 atom stereocenters. The number of carbonyl (C=O) groups excluding carboxylic acids is 1. The Balaban J connectivity index is 1.69. The third-order valence-corrected chi connectivity index (χ3v) is 4.03. The minimum atomic E-state index is -0.288. The summed E-state index contributed by atoms with van der Waals surface area (Å²) >= 11 is 6.05. The second kappa shape index (κ2) is 8.01. The van der Waals surface area contributed by atoms with Crippen LogP contribution in [-0.4, -0.2) is 27.3 Å². The molecule has 6 nitrogen and oxygen atoms in total. The second-order valence-electron chi connectivity index (χ2n) is 6.07. The topological polar surface area (TPSA) is 69.0 Å². The highest BCUT2D eigenvalue weighted by molar-refractivity contribution is 6.31. The molecular weight excluding hydrogens is 352 g/mol. The van der Waals surface area contributed by atoms with Gasteiger partial charge in [-0.1, -0.05) is 37.6 Å². The fourth-order valence-corrected chi connectivity index (χ4v) is 2.61. The quantitative estimate of drug-likeness (QED) is 0.710. The summed E-state index contributed by atoms with van der Waals surface area (Å²) in [7, 11) is 0. The molecule has 2 aromatic carbocycles. The number of hydrogen-bond acceptors (Lipinski definition) is 4. The molecule has 0 saturated heterocycles. The van der Waals surface area contributed by atoms with Crippen molar-refractivity contribution in [2.24, 2.45) is 0 Å². The van der Waals surface area contributed by atoms with Gasteiger partial charge < -0.3 is 10.1 Å². The normalized spacial score (nSPS) is 10.8. The van der Waals surface area contributed by atoms with Crippen molar-refractivity contribution in [1.82, 2.24) is 14.8 Å². The Morgan fingerprint density at radius 3 is 2.85 bits per heavy atom. The highest BCUT2D eigenvalue weighted by Gasteiger charge is 2.11. The molecule has 1 N–H and O–H groups in total. The molecule has 3 rings (SSSR count). The van der Waals surface area contributed by atoms with Crippen LogP contribution in [0.4, 0.5) is 5.69 Å². The van der Waals surface area contributed by atoms with Crippen LogP contribution in [0.1, 0.15) is 25.3 Å². The van der Waals surface area contributed by atoms with Crippen molar-refractivity contribution in [2.45, 2.75) is 19.8 Å². The van der Waals surface area contributed by atoms with Crippen molar-refractivity contribution >= 4 is 23.2 Å². The molecule has 0 aliphatic carbocycles. The van der Waals surface area contributed by atoms with Gasteiger partial charge in [-0.25, -0.2) is 9.67 Å². The third kappa shape index (κ3) is 4.40. The van der Waals surface area contributed by atoms with Gasteiger partial charge >= 0.3 is 0 Å². The van der Waals surface area contributed by atoms with Gasteiger partial charge in [0.15, 0.2) is 6.61 Å². The van der Waals surface area contributed by atoms with E-state index in [-0.39, 0.29) is 12.5 Å². The first-order chi connectivity index (χ1) is 12.5. The van der Waals surface area contributed by atoms with Crippen LogP contribution in [-0.2, 0) is 4.79 Å². The Bertz CT molecular complexity index is 894. The van der Waals surface area contributed by atoms with Gasteiger partial charge in [-0.15, -0.1) is 0 Å². The number of nitrogens with one attached hydrogen (secondary N) is 1. The SMILES string of the molecule is CC(C)c1cccc(OCC(=O)Nc2cc(Cl)ccc2-n2cncn2)c1. The summed E-state index contributed by atoms with van der Waals surface area (Å²) in [5, 5.41) is 7.40. The van der Waals surface area contributed by atoms with Crippen LogP contribution in [0.5, 0.6) is 5.75 Å². The van der Waals surface area contributed by atoms with Crippen molar-refractivity contribution in [3.05, 3.63) is 65.7 Å². The molecular formula is C19H19ClN4O2. The van der Waals surface area contributed by atoms with Gasteiger partial charge in [0.05, 0.1) is 11.4 Å². The van der Waals surface area contributed by atoms with Gasteiger partial charge in [-0.2, -0.15) is 5.10 Å². The van der Waals surface area contributed by atoms with Gasteiger partial charge in [0.1, 0.15) is 18.4 Å². The maximum absolute atomic E-state index is 12.3. The Hall–Kier alpha value is -2.86. The molecule has 0 fully saturated rings. The first-order valence-electron chi connectivity index (χ1n) is 8.20. The fourth-order valence-electron chi connectivity index (χ4n) is 2.44. The summed E-state index contributed by atoms with van der Waals surface area (Å²) in [6.07, 6.45) is 2.97. The molecule has 26 heavy (non-hydrogen) atoms. The summed E-state index contributed by atoms with van der Waals surface area (Å²) in [6.45, 7) is 4.11. The maximum atomic E-state index is 12.3. The number of nitrogens with zero attached hydrogens (tertiary/aromatic N) is 3. The first kappa shape index (κ1) is 17.9. The van der Waals surface area contributed by atoms with E-state index in [9.17, 15) is 4.79 Å². The maximum Gasteiger partial charge on any atom is 0.262 e. The van der Waals surface area contributed by atoms with Crippen LogP contribution in [0.2, 0.25) is 5.02 Å². The zero-order valence-corrected chi connectivity index (χ0v) is 15.3. The average molecular weight is 371 g/mol. The summed E-state index contributed by atoms with van der Waals surface area (Å²) in [5.41, 5.74) is 2.36. The Kier molecular flexibility index (Phi) is 5.53. The van der Waals surface area contributed by atoms with Crippen molar-refractivity contribution < 1.29 is 9.53 Å². The molecule has 1 heterocycles. The number of amides is 1. The highest BCUT2D eigenvalue weighted by Crippen LogP contribution is 2.24. The zero-order valence-electron chi connectivity index (χ0n) is 14.5. The lowest BCUT2D eigenvalue weighted by Crippen LogP contribution is -2.21. The first-order valence-corrected chi connectivity index (χ1v) is 8.58. The van der Waals surface area contributed by atoms with E-state index in [0.29, 0.717) is 28.1 Å². The summed E-state index contributed by atoms with van der Waals surface area (Å²) < 4.78 is 7.17. The van der Waals surface area contributed by atoms with E-state index in [2.05, 4.69) is 29.2 Å². The molecule has 0 aliphatic rings. The molecule has 3 aromatic rings.